The highest BCUT2D eigenvalue weighted by Crippen LogP contribution is 2.23. The summed E-state index contributed by atoms with van der Waals surface area (Å²) in [6, 6.07) is 0. The molecule has 0 radical (unpaired) electrons. The molecule has 0 saturated carbocycles. The number of imide groups is 1. The number of nitrogens with zero attached hydrogens (tertiary/aromatic N) is 2. The minimum absolute atomic E-state index is 0.241. The van der Waals surface area contributed by atoms with Crippen LogP contribution in [-0.4, -0.2) is 58.7 Å². The summed E-state index contributed by atoms with van der Waals surface area (Å²) in [5.41, 5.74) is -0.489. The fourth-order valence-electron chi connectivity index (χ4n) is 3.47. The Balaban J connectivity index is 1.54. The molecule has 3 amide bonds. The van der Waals surface area contributed by atoms with Crippen molar-refractivity contribution in [3.8, 4) is 0 Å². The van der Waals surface area contributed by atoms with E-state index in [4.69, 9.17) is 4.74 Å². The van der Waals surface area contributed by atoms with Crippen LogP contribution >= 0.6 is 0 Å². The van der Waals surface area contributed by atoms with E-state index in [0.717, 1.165) is 32.1 Å². The first-order valence-electron chi connectivity index (χ1n) is 10.2. The summed E-state index contributed by atoms with van der Waals surface area (Å²) in [5.74, 6) is 0.0954. The smallest absolute Gasteiger partial charge is 0.410 e. The molecule has 1 atom stereocenters. The van der Waals surface area contributed by atoms with Gasteiger partial charge in [-0.05, 0) is 52.4 Å². The van der Waals surface area contributed by atoms with Crippen molar-refractivity contribution in [3.05, 3.63) is 12.2 Å². The van der Waals surface area contributed by atoms with Gasteiger partial charge in [-0.2, -0.15) is 0 Å². The lowest BCUT2D eigenvalue weighted by atomic mass is 9.99. The molecule has 7 nitrogen and oxygen atoms in total. The van der Waals surface area contributed by atoms with Gasteiger partial charge in [0.2, 0.25) is 0 Å². The fraction of sp³-hybridized carbons (Fsp3) is 0.714. The second kappa shape index (κ2) is 9.85. The minimum Gasteiger partial charge on any atom is -0.444 e. The van der Waals surface area contributed by atoms with Crippen LogP contribution in [0.4, 0.5) is 4.79 Å². The van der Waals surface area contributed by atoms with Gasteiger partial charge in [-0.15, -0.1) is 0 Å². The molecule has 28 heavy (non-hydrogen) atoms. The summed E-state index contributed by atoms with van der Waals surface area (Å²) in [5, 5.41) is 0. The normalized spacial score (nSPS) is 19.6. The monoisotopic (exact) mass is 392 g/mol. The van der Waals surface area contributed by atoms with E-state index in [2.05, 4.69) is 0 Å². The molecular formula is C21H32N2O5. The first-order valence-corrected chi connectivity index (χ1v) is 10.2. The molecule has 0 aromatic heterocycles. The van der Waals surface area contributed by atoms with Crippen molar-refractivity contribution in [2.24, 2.45) is 5.92 Å². The molecule has 0 aromatic carbocycles. The largest absolute Gasteiger partial charge is 0.444 e. The van der Waals surface area contributed by atoms with Crippen LogP contribution in [0.5, 0.6) is 0 Å². The molecule has 0 aliphatic carbocycles. The van der Waals surface area contributed by atoms with Crippen LogP contribution in [0.15, 0.2) is 12.2 Å². The molecular weight excluding hydrogens is 360 g/mol. The van der Waals surface area contributed by atoms with E-state index in [-0.39, 0.29) is 23.7 Å². The average Bonchev–Trinajstić information content (AvgIpc) is 3.19. The third kappa shape index (κ3) is 7.09. The van der Waals surface area contributed by atoms with E-state index in [0.29, 0.717) is 38.4 Å². The summed E-state index contributed by atoms with van der Waals surface area (Å²) in [4.78, 5) is 50.0. The van der Waals surface area contributed by atoms with Crippen LogP contribution < -0.4 is 0 Å². The molecule has 1 fully saturated rings. The lowest BCUT2D eigenvalue weighted by Crippen LogP contribution is -2.35. The van der Waals surface area contributed by atoms with Crippen LogP contribution in [-0.2, 0) is 19.1 Å². The maximum atomic E-state index is 12.1. The van der Waals surface area contributed by atoms with Gasteiger partial charge in [-0.25, -0.2) is 4.79 Å². The number of likely N-dealkylation sites (tertiary alicyclic amines) is 1. The van der Waals surface area contributed by atoms with E-state index >= 15 is 0 Å². The van der Waals surface area contributed by atoms with E-state index in [1.807, 2.05) is 20.8 Å². The molecule has 2 rings (SSSR count). The predicted molar refractivity (Wildman–Crippen MR) is 104 cm³/mol. The van der Waals surface area contributed by atoms with E-state index in [9.17, 15) is 19.2 Å². The van der Waals surface area contributed by atoms with Gasteiger partial charge in [-0.1, -0.05) is 6.42 Å². The van der Waals surface area contributed by atoms with Gasteiger partial charge in [0.15, 0.2) is 0 Å². The molecule has 2 aliphatic rings. The van der Waals surface area contributed by atoms with Crippen molar-refractivity contribution < 1.29 is 23.9 Å². The fourth-order valence-corrected chi connectivity index (χ4v) is 3.47. The van der Waals surface area contributed by atoms with Crippen LogP contribution in [0.25, 0.3) is 0 Å². The van der Waals surface area contributed by atoms with Gasteiger partial charge in [-0.3, -0.25) is 19.3 Å². The number of rotatable bonds is 9. The standard InChI is InChI=1S/C21H32N2O5/c1-21(2,3)28-20(27)22-14-12-16(15-22)8-9-17(24)7-5-4-6-13-23-18(25)10-11-19(23)26/h10-11,16H,4-9,12-15H2,1-3H3/t16-/m0/s1. The third-order valence-corrected chi connectivity index (χ3v) is 5.01. The van der Waals surface area contributed by atoms with Crippen molar-refractivity contribution in [1.29, 1.82) is 0 Å². The molecule has 0 N–H and O–H groups in total. The Hall–Kier alpha value is -2.18. The Morgan fingerprint density at radius 3 is 2.39 bits per heavy atom. The number of amides is 3. The Morgan fingerprint density at radius 2 is 1.75 bits per heavy atom. The molecule has 156 valence electrons. The van der Waals surface area contributed by atoms with Crippen LogP contribution in [0.2, 0.25) is 0 Å². The number of Topliss-reactive ketones (excluding diaryl/α,β-unsaturated/α-hetero) is 1. The van der Waals surface area contributed by atoms with Gasteiger partial charge in [0.1, 0.15) is 11.4 Å². The molecule has 7 heteroatoms. The second-order valence-electron chi connectivity index (χ2n) is 8.63. The van der Waals surface area contributed by atoms with Crippen LogP contribution in [0.3, 0.4) is 0 Å². The highest BCUT2D eigenvalue weighted by molar-refractivity contribution is 6.12. The topological polar surface area (TPSA) is 84.0 Å². The third-order valence-electron chi connectivity index (χ3n) is 5.01. The zero-order chi connectivity index (χ0) is 20.7. The van der Waals surface area contributed by atoms with Gasteiger partial charge in [0.05, 0.1) is 0 Å². The zero-order valence-electron chi connectivity index (χ0n) is 17.2. The zero-order valence-corrected chi connectivity index (χ0v) is 17.2. The maximum Gasteiger partial charge on any atom is 0.410 e. The average molecular weight is 392 g/mol. The minimum atomic E-state index is -0.489. The number of carbonyl (C=O) groups excluding carboxylic acids is 4. The van der Waals surface area contributed by atoms with Gasteiger partial charge in [0, 0.05) is 44.6 Å². The highest BCUT2D eigenvalue weighted by Gasteiger charge is 2.29. The molecule has 2 aliphatic heterocycles. The van der Waals surface area contributed by atoms with Crippen molar-refractivity contribution in [2.45, 2.75) is 71.3 Å². The molecule has 0 bridgehead atoms. The summed E-state index contributed by atoms with van der Waals surface area (Å²) in [6.07, 6.45) is 7.42. The number of carbonyl (C=O) groups is 4. The van der Waals surface area contributed by atoms with Crippen molar-refractivity contribution in [2.75, 3.05) is 19.6 Å². The molecule has 2 heterocycles. The van der Waals surface area contributed by atoms with E-state index < -0.39 is 5.60 Å². The van der Waals surface area contributed by atoms with Crippen LogP contribution in [0.1, 0.15) is 65.7 Å². The molecule has 0 spiro atoms. The lowest BCUT2D eigenvalue weighted by Gasteiger charge is -2.24. The second-order valence-corrected chi connectivity index (χ2v) is 8.63. The van der Waals surface area contributed by atoms with Gasteiger partial charge in [0.25, 0.3) is 11.8 Å². The molecule has 0 aromatic rings. The Bertz CT molecular complexity index is 617. The highest BCUT2D eigenvalue weighted by atomic mass is 16.6. The maximum absolute atomic E-state index is 12.1. The predicted octanol–water partition coefficient (Wildman–Crippen LogP) is 3.08. The SMILES string of the molecule is CC(C)(C)OC(=O)N1CC[C@H](CCC(=O)CCCCCN2C(=O)C=CC2=O)C1. The van der Waals surface area contributed by atoms with E-state index in [1.54, 1.807) is 4.90 Å². The lowest BCUT2D eigenvalue weighted by molar-refractivity contribution is -0.136. The molecule has 0 unspecified atom stereocenters. The first-order chi connectivity index (χ1) is 13.2. The summed E-state index contributed by atoms with van der Waals surface area (Å²) < 4.78 is 5.39. The van der Waals surface area contributed by atoms with Crippen molar-refractivity contribution in [1.82, 2.24) is 9.80 Å². The number of ketones is 1. The first kappa shape index (κ1) is 22.1. The Morgan fingerprint density at radius 1 is 1.07 bits per heavy atom. The summed E-state index contributed by atoms with van der Waals surface area (Å²) >= 11 is 0. The quantitative estimate of drug-likeness (QED) is 0.445. The number of ether oxygens (including phenoxy) is 1. The van der Waals surface area contributed by atoms with Crippen molar-refractivity contribution >= 4 is 23.7 Å². The van der Waals surface area contributed by atoms with Crippen molar-refractivity contribution in [3.63, 3.8) is 0 Å². The summed E-state index contributed by atoms with van der Waals surface area (Å²) in [7, 11) is 0. The molecule has 1 saturated heterocycles. The van der Waals surface area contributed by atoms with Gasteiger partial charge >= 0.3 is 6.09 Å². The van der Waals surface area contributed by atoms with E-state index in [1.165, 1.54) is 17.1 Å². The number of unbranched alkanes of at least 4 members (excludes halogenated alkanes) is 2. The Labute approximate surface area is 167 Å². The number of hydrogen-bond donors (Lipinski definition) is 0. The Kier molecular flexibility index (Phi) is 7.78. The number of hydrogen-bond acceptors (Lipinski definition) is 5. The summed E-state index contributed by atoms with van der Waals surface area (Å²) in [6.45, 7) is 7.34. The van der Waals surface area contributed by atoms with Crippen LogP contribution in [0, 0.1) is 5.92 Å². The van der Waals surface area contributed by atoms with Gasteiger partial charge < -0.3 is 9.64 Å².